The third-order valence-corrected chi connectivity index (χ3v) is 3.47. The maximum absolute atomic E-state index is 11.7. The van der Waals surface area contributed by atoms with Crippen molar-refractivity contribution in [1.82, 2.24) is 0 Å². The van der Waals surface area contributed by atoms with Crippen LogP contribution in [0.25, 0.3) is 0 Å². The van der Waals surface area contributed by atoms with Crippen molar-refractivity contribution < 1.29 is 9.53 Å². The van der Waals surface area contributed by atoms with Gasteiger partial charge in [0, 0.05) is 6.42 Å². The lowest BCUT2D eigenvalue weighted by Gasteiger charge is -2.16. The minimum Gasteiger partial charge on any atom is -0.462 e. The van der Waals surface area contributed by atoms with Crippen molar-refractivity contribution in [2.45, 2.75) is 90.6 Å². The highest BCUT2D eigenvalue weighted by Gasteiger charge is 2.11. The molecule has 114 valence electrons. The Kier molecular flexibility index (Phi) is 13.4. The van der Waals surface area contributed by atoms with Crippen molar-refractivity contribution in [3.05, 3.63) is 0 Å². The third-order valence-electron chi connectivity index (χ3n) is 3.47. The van der Waals surface area contributed by atoms with Crippen LogP contribution in [0.2, 0.25) is 0 Å². The number of ether oxygens (including phenoxy) is 1. The maximum atomic E-state index is 11.7. The summed E-state index contributed by atoms with van der Waals surface area (Å²) in [5.41, 5.74) is 5.43. The number of carbonyl (C=O) groups excluding carboxylic acids is 1. The molecule has 0 saturated heterocycles. The fraction of sp³-hybridized carbons (Fsp3) is 0.938. The molecular formula is C16H33NO2. The smallest absolute Gasteiger partial charge is 0.306 e. The van der Waals surface area contributed by atoms with Gasteiger partial charge in [0.25, 0.3) is 0 Å². The highest BCUT2D eigenvalue weighted by molar-refractivity contribution is 5.69. The molecule has 19 heavy (non-hydrogen) atoms. The average Bonchev–Trinajstić information content (AvgIpc) is 2.42. The summed E-state index contributed by atoms with van der Waals surface area (Å²) in [5, 5.41) is 0. The number of rotatable bonds is 13. The second-order valence-electron chi connectivity index (χ2n) is 5.32. The standard InChI is InChI=1S/C16H33NO2/c1-3-5-6-9-12-15(4-2)19-16(18)13-10-7-8-11-14-17/h15H,3-14,17H2,1-2H3. The number of hydrogen-bond donors (Lipinski definition) is 1. The zero-order valence-corrected chi connectivity index (χ0v) is 13.0. The molecule has 0 spiro atoms. The maximum Gasteiger partial charge on any atom is 0.306 e. The Balaban J connectivity index is 3.57. The highest BCUT2D eigenvalue weighted by Crippen LogP contribution is 2.13. The van der Waals surface area contributed by atoms with Crippen LogP contribution in [0.3, 0.4) is 0 Å². The predicted molar refractivity (Wildman–Crippen MR) is 81.1 cm³/mol. The molecule has 0 heterocycles. The van der Waals surface area contributed by atoms with Gasteiger partial charge < -0.3 is 10.5 Å². The third kappa shape index (κ3) is 12.2. The van der Waals surface area contributed by atoms with E-state index in [9.17, 15) is 4.79 Å². The first-order chi connectivity index (χ1) is 9.24. The van der Waals surface area contributed by atoms with E-state index in [-0.39, 0.29) is 12.1 Å². The number of nitrogens with two attached hydrogens (primary N) is 1. The summed E-state index contributed by atoms with van der Waals surface area (Å²) in [6.07, 6.45) is 11.8. The zero-order chi connectivity index (χ0) is 14.3. The van der Waals surface area contributed by atoms with Crippen LogP contribution in [0.1, 0.15) is 84.5 Å². The van der Waals surface area contributed by atoms with E-state index in [1.165, 1.54) is 25.7 Å². The molecule has 0 saturated carbocycles. The summed E-state index contributed by atoms with van der Waals surface area (Å²) in [5.74, 6) is -0.0184. The minimum atomic E-state index is -0.0184. The lowest BCUT2D eigenvalue weighted by atomic mass is 10.1. The van der Waals surface area contributed by atoms with Crippen molar-refractivity contribution in [2.24, 2.45) is 5.73 Å². The van der Waals surface area contributed by atoms with E-state index in [2.05, 4.69) is 13.8 Å². The molecule has 3 nitrogen and oxygen atoms in total. The Morgan fingerprint density at radius 1 is 1.00 bits per heavy atom. The predicted octanol–water partition coefficient (Wildman–Crippen LogP) is 4.19. The summed E-state index contributed by atoms with van der Waals surface area (Å²) in [6, 6.07) is 0. The fourth-order valence-electron chi connectivity index (χ4n) is 2.16. The summed E-state index contributed by atoms with van der Waals surface area (Å²) < 4.78 is 5.52. The molecular weight excluding hydrogens is 238 g/mol. The lowest BCUT2D eigenvalue weighted by molar-refractivity contribution is -0.149. The average molecular weight is 271 g/mol. The summed E-state index contributed by atoms with van der Waals surface area (Å²) in [4.78, 5) is 11.7. The summed E-state index contributed by atoms with van der Waals surface area (Å²) >= 11 is 0. The Morgan fingerprint density at radius 3 is 2.32 bits per heavy atom. The van der Waals surface area contributed by atoms with Crippen molar-refractivity contribution >= 4 is 5.97 Å². The first kappa shape index (κ1) is 18.4. The van der Waals surface area contributed by atoms with Gasteiger partial charge in [0.2, 0.25) is 0 Å². The topological polar surface area (TPSA) is 52.3 Å². The van der Waals surface area contributed by atoms with Crippen LogP contribution < -0.4 is 5.73 Å². The van der Waals surface area contributed by atoms with Gasteiger partial charge in [-0.15, -0.1) is 0 Å². The molecule has 0 fully saturated rings. The first-order valence-electron chi connectivity index (χ1n) is 8.14. The molecule has 2 N–H and O–H groups in total. The van der Waals surface area contributed by atoms with Crippen LogP contribution in [0.5, 0.6) is 0 Å². The van der Waals surface area contributed by atoms with Crippen LogP contribution in [0, 0.1) is 0 Å². The molecule has 0 rings (SSSR count). The Labute approximate surface area is 119 Å². The number of unbranched alkanes of at least 4 members (excludes halogenated alkanes) is 6. The minimum absolute atomic E-state index is 0.0184. The Bertz CT molecular complexity index is 207. The van der Waals surface area contributed by atoms with Crippen LogP contribution >= 0.6 is 0 Å². The van der Waals surface area contributed by atoms with Gasteiger partial charge in [-0.1, -0.05) is 46.0 Å². The van der Waals surface area contributed by atoms with Crippen molar-refractivity contribution in [1.29, 1.82) is 0 Å². The van der Waals surface area contributed by atoms with Crippen molar-refractivity contribution in [3.63, 3.8) is 0 Å². The first-order valence-corrected chi connectivity index (χ1v) is 8.14. The lowest BCUT2D eigenvalue weighted by Crippen LogP contribution is -2.17. The molecule has 0 amide bonds. The summed E-state index contributed by atoms with van der Waals surface area (Å²) in [6.45, 7) is 5.06. The van der Waals surface area contributed by atoms with Crippen molar-refractivity contribution in [2.75, 3.05) is 6.54 Å². The van der Waals surface area contributed by atoms with E-state index in [4.69, 9.17) is 10.5 Å². The molecule has 0 aromatic carbocycles. The van der Waals surface area contributed by atoms with Gasteiger partial charge in [-0.25, -0.2) is 0 Å². The van der Waals surface area contributed by atoms with Crippen LogP contribution in [0.15, 0.2) is 0 Å². The van der Waals surface area contributed by atoms with E-state index in [1.807, 2.05) is 0 Å². The zero-order valence-electron chi connectivity index (χ0n) is 13.0. The fourth-order valence-corrected chi connectivity index (χ4v) is 2.16. The van der Waals surface area contributed by atoms with Crippen LogP contribution in [0.4, 0.5) is 0 Å². The quantitative estimate of drug-likeness (QED) is 0.404. The molecule has 0 radical (unpaired) electrons. The number of carbonyl (C=O) groups is 1. The van der Waals surface area contributed by atoms with Gasteiger partial charge in [-0.3, -0.25) is 4.79 Å². The van der Waals surface area contributed by atoms with E-state index < -0.39 is 0 Å². The molecule has 0 aromatic heterocycles. The molecule has 1 atom stereocenters. The van der Waals surface area contributed by atoms with Crippen molar-refractivity contribution in [3.8, 4) is 0 Å². The normalized spacial score (nSPS) is 12.4. The second-order valence-corrected chi connectivity index (χ2v) is 5.32. The number of esters is 1. The van der Waals surface area contributed by atoms with E-state index in [0.29, 0.717) is 6.42 Å². The van der Waals surface area contributed by atoms with E-state index >= 15 is 0 Å². The van der Waals surface area contributed by atoms with Crippen LogP contribution in [-0.2, 0) is 9.53 Å². The largest absolute Gasteiger partial charge is 0.462 e. The van der Waals surface area contributed by atoms with Gasteiger partial charge in [-0.05, 0) is 38.6 Å². The molecule has 3 heteroatoms. The highest BCUT2D eigenvalue weighted by atomic mass is 16.5. The van der Waals surface area contributed by atoms with Gasteiger partial charge >= 0.3 is 5.97 Å². The van der Waals surface area contributed by atoms with Gasteiger partial charge in [0.15, 0.2) is 0 Å². The second kappa shape index (κ2) is 13.9. The molecule has 0 aliphatic rings. The van der Waals surface area contributed by atoms with E-state index in [1.54, 1.807) is 0 Å². The van der Waals surface area contributed by atoms with Gasteiger partial charge in [0.1, 0.15) is 6.10 Å². The molecule has 0 aromatic rings. The van der Waals surface area contributed by atoms with Gasteiger partial charge in [0.05, 0.1) is 0 Å². The van der Waals surface area contributed by atoms with Crippen LogP contribution in [-0.4, -0.2) is 18.6 Å². The van der Waals surface area contributed by atoms with Gasteiger partial charge in [-0.2, -0.15) is 0 Å². The molecule has 0 aliphatic heterocycles. The molecule has 0 bridgehead atoms. The number of hydrogen-bond acceptors (Lipinski definition) is 3. The SMILES string of the molecule is CCCCCCC(CC)OC(=O)CCCCCCN. The molecule has 0 aliphatic carbocycles. The monoisotopic (exact) mass is 271 g/mol. The summed E-state index contributed by atoms with van der Waals surface area (Å²) in [7, 11) is 0. The Hall–Kier alpha value is -0.570. The Morgan fingerprint density at radius 2 is 1.68 bits per heavy atom. The molecule has 1 unspecified atom stereocenters. The van der Waals surface area contributed by atoms with E-state index in [0.717, 1.165) is 45.1 Å².